The molecule has 224 valence electrons. The zero-order chi connectivity index (χ0) is 30.3. The minimum absolute atomic E-state index is 0.0362. The van der Waals surface area contributed by atoms with E-state index in [1.54, 1.807) is 13.8 Å². The summed E-state index contributed by atoms with van der Waals surface area (Å²) < 4.78 is 10.7. The normalized spacial score (nSPS) is 36.7. The smallest absolute Gasteiger partial charge is 0.302 e. The van der Waals surface area contributed by atoms with Crippen molar-refractivity contribution in [2.24, 2.45) is 34.5 Å². The monoisotopic (exact) mass is 560 g/mol. The van der Waals surface area contributed by atoms with Crippen molar-refractivity contribution in [3.63, 3.8) is 0 Å². The van der Waals surface area contributed by atoms with Crippen LogP contribution >= 0.6 is 0 Å². The van der Waals surface area contributed by atoms with Crippen LogP contribution in [-0.4, -0.2) is 57.6 Å². The summed E-state index contributed by atoms with van der Waals surface area (Å²) in [6.45, 7) is 14.4. The molecule has 8 heteroatoms. The number of fused-ring (bicyclic) bond motifs is 1. The third-order valence-corrected chi connectivity index (χ3v) is 10.5. The molecule has 3 aliphatic rings. The van der Waals surface area contributed by atoms with E-state index in [9.17, 15) is 29.4 Å². The van der Waals surface area contributed by atoms with E-state index in [-0.39, 0.29) is 54.9 Å². The number of ether oxygens (including phenoxy) is 2. The predicted molar refractivity (Wildman–Crippen MR) is 150 cm³/mol. The number of esters is 2. The summed E-state index contributed by atoms with van der Waals surface area (Å²) in [5.41, 5.74) is -4.26. The molecule has 8 nitrogen and oxygen atoms in total. The van der Waals surface area contributed by atoms with Crippen LogP contribution in [0.25, 0.3) is 0 Å². The maximum Gasteiger partial charge on any atom is 0.302 e. The van der Waals surface area contributed by atoms with Crippen LogP contribution in [0.3, 0.4) is 0 Å². The van der Waals surface area contributed by atoms with Crippen molar-refractivity contribution in [2.75, 3.05) is 6.61 Å². The van der Waals surface area contributed by atoms with Gasteiger partial charge in [-0.1, -0.05) is 39.8 Å². The SMILES string of the molecule is CC(=O)OCCC1(C)C(C2=CC(=O)C3(O)CC(OC(C)=O)CCC3(C)C2=O)CCC1C(C)C=CC(C)(O)C(C)C. The zero-order valence-electron chi connectivity index (χ0n) is 25.4. The number of hydrogen-bond acceptors (Lipinski definition) is 8. The van der Waals surface area contributed by atoms with E-state index in [0.717, 1.165) is 6.42 Å². The van der Waals surface area contributed by atoms with Crippen LogP contribution in [0.2, 0.25) is 0 Å². The summed E-state index contributed by atoms with van der Waals surface area (Å²) in [6.07, 6.45) is 7.09. The molecular weight excluding hydrogens is 512 g/mol. The molecule has 0 aromatic carbocycles. The van der Waals surface area contributed by atoms with Gasteiger partial charge in [0.05, 0.1) is 17.6 Å². The van der Waals surface area contributed by atoms with Crippen LogP contribution in [0.4, 0.5) is 0 Å². The van der Waals surface area contributed by atoms with Gasteiger partial charge in [-0.05, 0) is 81.1 Å². The first-order chi connectivity index (χ1) is 18.4. The molecule has 8 unspecified atom stereocenters. The zero-order valence-corrected chi connectivity index (χ0v) is 25.4. The fourth-order valence-corrected chi connectivity index (χ4v) is 7.31. The summed E-state index contributed by atoms with van der Waals surface area (Å²) in [5.74, 6) is -1.68. The molecule has 0 heterocycles. The van der Waals surface area contributed by atoms with Crippen LogP contribution in [0.15, 0.2) is 23.8 Å². The molecule has 0 aromatic heterocycles. The average molecular weight is 561 g/mol. The van der Waals surface area contributed by atoms with Crippen molar-refractivity contribution >= 4 is 23.5 Å². The second-order valence-electron chi connectivity index (χ2n) is 13.4. The first-order valence-electron chi connectivity index (χ1n) is 14.6. The topological polar surface area (TPSA) is 127 Å². The number of aliphatic hydroxyl groups is 2. The molecule has 3 aliphatic carbocycles. The Bertz CT molecular complexity index is 1090. The quantitative estimate of drug-likeness (QED) is 0.312. The van der Waals surface area contributed by atoms with Crippen LogP contribution in [-0.2, 0) is 28.7 Å². The van der Waals surface area contributed by atoms with Crippen LogP contribution in [0, 0.1) is 34.5 Å². The van der Waals surface area contributed by atoms with E-state index in [0.29, 0.717) is 24.8 Å². The lowest BCUT2D eigenvalue weighted by atomic mass is 9.53. The molecule has 0 aromatic rings. The number of allylic oxidation sites excluding steroid dienone is 2. The highest BCUT2D eigenvalue weighted by Gasteiger charge is 2.64. The Kier molecular flexibility index (Phi) is 9.27. The number of rotatable bonds is 9. The van der Waals surface area contributed by atoms with Gasteiger partial charge in [-0.25, -0.2) is 0 Å². The fourth-order valence-electron chi connectivity index (χ4n) is 7.31. The lowest BCUT2D eigenvalue weighted by molar-refractivity contribution is -0.181. The first-order valence-corrected chi connectivity index (χ1v) is 14.6. The molecule has 2 N–H and O–H groups in total. The summed E-state index contributed by atoms with van der Waals surface area (Å²) in [7, 11) is 0. The molecule has 0 aliphatic heterocycles. The van der Waals surface area contributed by atoms with Gasteiger partial charge in [0.25, 0.3) is 0 Å². The average Bonchev–Trinajstić information content (AvgIpc) is 3.18. The third kappa shape index (κ3) is 5.85. The molecule has 2 saturated carbocycles. The molecule has 3 rings (SSSR count). The molecule has 0 amide bonds. The molecule has 0 radical (unpaired) electrons. The minimum atomic E-state index is -1.93. The number of ketones is 2. The highest BCUT2D eigenvalue weighted by atomic mass is 16.5. The van der Waals surface area contributed by atoms with Gasteiger partial charge < -0.3 is 19.7 Å². The van der Waals surface area contributed by atoms with Gasteiger partial charge in [-0.3, -0.25) is 19.2 Å². The Morgan fingerprint density at radius 2 is 1.77 bits per heavy atom. The lowest BCUT2D eigenvalue weighted by Gasteiger charge is -2.51. The van der Waals surface area contributed by atoms with Crippen molar-refractivity contribution in [3.8, 4) is 0 Å². The minimum Gasteiger partial charge on any atom is -0.466 e. The van der Waals surface area contributed by atoms with Gasteiger partial charge >= 0.3 is 11.9 Å². The van der Waals surface area contributed by atoms with Gasteiger partial charge in [0, 0.05) is 25.8 Å². The van der Waals surface area contributed by atoms with E-state index in [4.69, 9.17) is 9.47 Å². The van der Waals surface area contributed by atoms with Crippen molar-refractivity contribution in [2.45, 2.75) is 111 Å². The summed E-state index contributed by atoms with van der Waals surface area (Å²) in [5, 5.41) is 22.4. The van der Waals surface area contributed by atoms with Gasteiger partial charge in [-0.15, -0.1) is 0 Å². The second kappa shape index (κ2) is 11.5. The summed E-state index contributed by atoms with van der Waals surface area (Å²) in [4.78, 5) is 50.9. The van der Waals surface area contributed by atoms with Gasteiger partial charge in [0.2, 0.25) is 0 Å². The van der Waals surface area contributed by atoms with Crippen LogP contribution in [0.1, 0.15) is 93.9 Å². The summed E-state index contributed by atoms with van der Waals surface area (Å²) in [6, 6.07) is 0. The fraction of sp³-hybridized carbons (Fsp3) is 0.750. The first kappa shape index (κ1) is 32.2. The van der Waals surface area contributed by atoms with Crippen molar-refractivity contribution in [1.82, 2.24) is 0 Å². The van der Waals surface area contributed by atoms with E-state index in [2.05, 4.69) is 13.8 Å². The van der Waals surface area contributed by atoms with Crippen molar-refractivity contribution in [3.05, 3.63) is 23.8 Å². The third-order valence-electron chi connectivity index (χ3n) is 10.5. The maximum atomic E-state index is 14.2. The van der Waals surface area contributed by atoms with Gasteiger partial charge in [-0.2, -0.15) is 0 Å². The number of carbonyl (C=O) groups is 4. The Balaban J connectivity index is 1.98. The van der Waals surface area contributed by atoms with Gasteiger partial charge in [0.15, 0.2) is 11.6 Å². The number of Topliss-reactive ketones (excluding diaryl/α,β-unsaturated/α-hetero) is 1. The van der Waals surface area contributed by atoms with Crippen LogP contribution in [0.5, 0.6) is 0 Å². The molecule has 2 fully saturated rings. The molecule has 0 spiro atoms. The Morgan fingerprint density at radius 1 is 1.12 bits per heavy atom. The van der Waals surface area contributed by atoms with E-state index < -0.39 is 39.9 Å². The summed E-state index contributed by atoms with van der Waals surface area (Å²) >= 11 is 0. The Labute approximate surface area is 238 Å². The maximum absolute atomic E-state index is 14.2. The standard InChI is InChI=1S/C32H48O8/c1-19(2)31(8,37)14-11-20(3)25-9-10-26(29(25,6)15-16-39-21(4)33)24-17-27(35)32(38)18-23(40-22(5)34)12-13-30(32,7)28(24)36/h11,14,17,19-20,23,25-26,37-38H,9-10,12-13,15-16,18H2,1-8H3. The Morgan fingerprint density at radius 3 is 2.35 bits per heavy atom. The molecule has 40 heavy (non-hydrogen) atoms. The number of hydrogen-bond donors (Lipinski definition) is 2. The lowest BCUT2D eigenvalue weighted by Crippen LogP contribution is -2.63. The molecule has 0 saturated heterocycles. The van der Waals surface area contributed by atoms with Crippen molar-refractivity contribution < 1.29 is 38.9 Å². The highest BCUT2D eigenvalue weighted by molar-refractivity contribution is 6.16. The molecule has 8 atom stereocenters. The number of carbonyl (C=O) groups excluding carboxylic acids is 4. The molecule has 0 bridgehead atoms. The predicted octanol–water partition coefficient (Wildman–Crippen LogP) is 4.50. The van der Waals surface area contributed by atoms with E-state index in [1.807, 2.05) is 26.0 Å². The van der Waals surface area contributed by atoms with E-state index >= 15 is 0 Å². The van der Waals surface area contributed by atoms with Crippen molar-refractivity contribution in [1.29, 1.82) is 0 Å². The largest absolute Gasteiger partial charge is 0.466 e. The van der Waals surface area contributed by atoms with Gasteiger partial charge in [0.1, 0.15) is 11.7 Å². The molecular formula is C32H48O8. The van der Waals surface area contributed by atoms with E-state index in [1.165, 1.54) is 19.9 Å². The van der Waals surface area contributed by atoms with Crippen LogP contribution < -0.4 is 0 Å². The highest BCUT2D eigenvalue weighted by Crippen LogP contribution is 2.59. The second-order valence-corrected chi connectivity index (χ2v) is 13.4. The Hall–Kier alpha value is -2.32.